The highest BCUT2D eigenvalue weighted by atomic mass is 16.5. The number of rotatable bonds is 5. The first kappa shape index (κ1) is 14.7. The average Bonchev–Trinajstić information content (AvgIpc) is 2.94. The summed E-state index contributed by atoms with van der Waals surface area (Å²) in [6.45, 7) is 2.43. The van der Waals surface area contributed by atoms with E-state index in [1.165, 1.54) is 18.1 Å². The van der Waals surface area contributed by atoms with Crippen LogP contribution in [0.1, 0.15) is 21.7 Å². The van der Waals surface area contributed by atoms with E-state index in [0.29, 0.717) is 6.54 Å². The number of esters is 1. The van der Waals surface area contributed by atoms with E-state index in [1.54, 1.807) is 0 Å². The third-order valence-electron chi connectivity index (χ3n) is 2.95. The van der Waals surface area contributed by atoms with Crippen LogP contribution in [0.5, 0.6) is 0 Å². The maximum Gasteiger partial charge on any atom is 0.377 e. The zero-order valence-electron chi connectivity index (χ0n) is 11.9. The second-order valence-corrected chi connectivity index (χ2v) is 4.46. The van der Waals surface area contributed by atoms with E-state index in [1.807, 2.05) is 31.2 Å². The van der Waals surface area contributed by atoms with Gasteiger partial charge in [0.2, 0.25) is 5.91 Å². The zero-order valence-corrected chi connectivity index (χ0v) is 11.9. The molecule has 21 heavy (non-hydrogen) atoms. The fourth-order valence-corrected chi connectivity index (χ4v) is 1.76. The molecular formula is C14H16N4O3. The van der Waals surface area contributed by atoms with Gasteiger partial charge in [-0.25, -0.2) is 14.5 Å². The molecule has 1 N–H and O–H groups in total. The van der Waals surface area contributed by atoms with E-state index in [4.69, 9.17) is 0 Å². The fraction of sp³-hybridized carbons (Fsp3) is 0.286. The molecule has 1 amide bonds. The lowest BCUT2D eigenvalue weighted by Crippen LogP contribution is -2.27. The number of hydrogen-bond donors (Lipinski definition) is 1. The van der Waals surface area contributed by atoms with Gasteiger partial charge >= 0.3 is 5.97 Å². The topological polar surface area (TPSA) is 86.1 Å². The van der Waals surface area contributed by atoms with Crippen LogP contribution in [0.15, 0.2) is 30.6 Å². The molecule has 2 aromatic rings. The third kappa shape index (κ3) is 3.88. The van der Waals surface area contributed by atoms with Crippen LogP contribution >= 0.6 is 0 Å². The standard InChI is InChI=1S/C14H16N4O3/c1-10-5-3-4-6-11(10)7-15-12(19)8-18-9-16-13(17-18)14(20)21-2/h3-6,9H,7-8H2,1-2H3,(H,15,19). The predicted molar refractivity (Wildman–Crippen MR) is 74.4 cm³/mol. The van der Waals surface area contributed by atoms with Crippen molar-refractivity contribution in [3.8, 4) is 0 Å². The van der Waals surface area contributed by atoms with Crippen molar-refractivity contribution >= 4 is 11.9 Å². The molecule has 1 aromatic heterocycles. The molecule has 0 aliphatic carbocycles. The van der Waals surface area contributed by atoms with Crippen LogP contribution < -0.4 is 5.32 Å². The number of carbonyl (C=O) groups is 2. The molecule has 110 valence electrons. The van der Waals surface area contributed by atoms with Gasteiger partial charge in [0.05, 0.1) is 7.11 Å². The molecule has 2 rings (SSSR count). The van der Waals surface area contributed by atoms with Crippen molar-refractivity contribution in [2.75, 3.05) is 7.11 Å². The summed E-state index contributed by atoms with van der Waals surface area (Å²) in [4.78, 5) is 26.8. The second kappa shape index (κ2) is 6.65. The molecule has 0 bridgehead atoms. The van der Waals surface area contributed by atoms with Crippen molar-refractivity contribution in [1.29, 1.82) is 0 Å². The monoisotopic (exact) mass is 288 g/mol. The van der Waals surface area contributed by atoms with Gasteiger partial charge in [0, 0.05) is 6.54 Å². The summed E-state index contributed by atoms with van der Waals surface area (Å²) in [5.41, 5.74) is 2.17. The van der Waals surface area contributed by atoms with E-state index < -0.39 is 5.97 Å². The van der Waals surface area contributed by atoms with E-state index in [-0.39, 0.29) is 18.3 Å². The van der Waals surface area contributed by atoms with Gasteiger partial charge in [0.1, 0.15) is 12.9 Å². The molecule has 1 aromatic carbocycles. The van der Waals surface area contributed by atoms with Gasteiger partial charge in [-0.05, 0) is 18.1 Å². The van der Waals surface area contributed by atoms with Gasteiger partial charge in [-0.2, -0.15) is 0 Å². The minimum atomic E-state index is -0.630. The zero-order chi connectivity index (χ0) is 15.2. The summed E-state index contributed by atoms with van der Waals surface area (Å²) in [7, 11) is 1.25. The van der Waals surface area contributed by atoms with Gasteiger partial charge in [-0.3, -0.25) is 4.79 Å². The maximum absolute atomic E-state index is 11.8. The molecule has 0 spiro atoms. The van der Waals surface area contributed by atoms with E-state index in [2.05, 4.69) is 20.1 Å². The van der Waals surface area contributed by atoms with Crippen LogP contribution in [-0.2, 0) is 22.6 Å². The maximum atomic E-state index is 11.8. The summed E-state index contributed by atoms with van der Waals surface area (Å²) in [5.74, 6) is -0.905. The summed E-state index contributed by atoms with van der Waals surface area (Å²) in [5, 5.41) is 6.66. The Balaban J connectivity index is 1.89. The highest BCUT2D eigenvalue weighted by Crippen LogP contribution is 2.05. The first-order chi connectivity index (χ1) is 10.1. The van der Waals surface area contributed by atoms with Crippen LogP contribution in [-0.4, -0.2) is 33.8 Å². The molecule has 0 saturated carbocycles. The van der Waals surface area contributed by atoms with E-state index >= 15 is 0 Å². The quantitative estimate of drug-likeness (QED) is 0.818. The first-order valence-electron chi connectivity index (χ1n) is 6.39. The first-order valence-corrected chi connectivity index (χ1v) is 6.39. The second-order valence-electron chi connectivity index (χ2n) is 4.46. The van der Waals surface area contributed by atoms with E-state index in [9.17, 15) is 9.59 Å². The molecule has 7 heteroatoms. The fourth-order valence-electron chi connectivity index (χ4n) is 1.76. The number of amides is 1. The Morgan fingerprint density at radius 2 is 2.10 bits per heavy atom. The Morgan fingerprint density at radius 1 is 1.33 bits per heavy atom. The van der Waals surface area contributed by atoms with Gasteiger partial charge in [0.15, 0.2) is 0 Å². The van der Waals surface area contributed by atoms with Crippen molar-refractivity contribution < 1.29 is 14.3 Å². The molecule has 0 unspecified atom stereocenters. The van der Waals surface area contributed by atoms with Crippen molar-refractivity contribution in [3.63, 3.8) is 0 Å². The summed E-state index contributed by atoms with van der Waals surface area (Å²) in [6.07, 6.45) is 1.32. The molecule has 0 saturated heterocycles. The lowest BCUT2D eigenvalue weighted by atomic mass is 10.1. The highest BCUT2D eigenvalue weighted by Gasteiger charge is 2.12. The minimum absolute atomic E-state index is 0.00409. The normalized spacial score (nSPS) is 10.2. The molecule has 7 nitrogen and oxygen atoms in total. The van der Waals surface area contributed by atoms with Crippen molar-refractivity contribution in [3.05, 3.63) is 47.5 Å². The lowest BCUT2D eigenvalue weighted by molar-refractivity contribution is -0.122. The van der Waals surface area contributed by atoms with Crippen molar-refractivity contribution in [2.45, 2.75) is 20.0 Å². The third-order valence-corrected chi connectivity index (χ3v) is 2.95. The van der Waals surface area contributed by atoms with Crippen LogP contribution in [0.3, 0.4) is 0 Å². The van der Waals surface area contributed by atoms with Crippen LogP contribution in [0.2, 0.25) is 0 Å². The van der Waals surface area contributed by atoms with Gasteiger partial charge in [0.25, 0.3) is 5.82 Å². The van der Waals surface area contributed by atoms with Gasteiger partial charge in [-0.15, -0.1) is 5.10 Å². The molecule has 0 aliphatic heterocycles. The lowest BCUT2D eigenvalue weighted by Gasteiger charge is -2.07. The molecule has 0 fully saturated rings. The van der Waals surface area contributed by atoms with Crippen molar-refractivity contribution in [1.82, 2.24) is 20.1 Å². The number of carbonyl (C=O) groups excluding carboxylic acids is 2. The summed E-state index contributed by atoms with van der Waals surface area (Å²) < 4.78 is 5.79. The van der Waals surface area contributed by atoms with Gasteiger partial charge in [-0.1, -0.05) is 24.3 Å². The Kier molecular flexibility index (Phi) is 4.65. The number of nitrogens with one attached hydrogen (secondary N) is 1. The molecule has 0 radical (unpaired) electrons. The molecular weight excluding hydrogens is 272 g/mol. The number of aromatic nitrogens is 3. The Hall–Kier alpha value is -2.70. The number of methoxy groups -OCH3 is 1. The Labute approximate surface area is 121 Å². The number of hydrogen-bond acceptors (Lipinski definition) is 5. The molecule has 0 aliphatic rings. The van der Waals surface area contributed by atoms with E-state index in [0.717, 1.165) is 11.1 Å². The largest absolute Gasteiger partial charge is 0.463 e. The van der Waals surface area contributed by atoms with Crippen LogP contribution in [0.25, 0.3) is 0 Å². The summed E-state index contributed by atoms with van der Waals surface area (Å²) >= 11 is 0. The Bertz CT molecular complexity index is 651. The Morgan fingerprint density at radius 3 is 2.81 bits per heavy atom. The predicted octanol–water partition coefficient (Wildman–Crippen LogP) is 0.690. The molecule has 0 atom stereocenters. The summed E-state index contributed by atoms with van der Waals surface area (Å²) in [6, 6.07) is 7.82. The number of aryl methyl sites for hydroxylation is 1. The van der Waals surface area contributed by atoms with Crippen LogP contribution in [0, 0.1) is 6.92 Å². The molecule has 1 heterocycles. The number of ether oxygens (including phenoxy) is 1. The average molecular weight is 288 g/mol. The smallest absolute Gasteiger partial charge is 0.377 e. The number of nitrogens with zero attached hydrogens (tertiary/aromatic N) is 3. The minimum Gasteiger partial charge on any atom is -0.463 e. The van der Waals surface area contributed by atoms with Crippen molar-refractivity contribution in [2.24, 2.45) is 0 Å². The highest BCUT2D eigenvalue weighted by molar-refractivity contribution is 5.84. The van der Waals surface area contributed by atoms with Gasteiger partial charge < -0.3 is 10.1 Å². The SMILES string of the molecule is COC(=O)c1ncn(CC(=O)NCc2ccccc2C)n1. The number of benzene rings is 1. The van der Waals surface area contributed by atoms with Crippen LogP contribution in [0.4, 0.5) is 0 Å².